The fraction of sp³-hybridized carbons (Fsp3) is 0.200. The second-order valence-corrected chi connectivity index (χ2v) is 7.00. The predicted octanol–water partition coefficient (Wildman–Crippen LogP) is 5.79. The van der Waals surface area contributed by atoms with Crippen LogP contribution in [0.5, 0.6) is 11.5 Å². The van der Waals surface area contributed by atoms with Crippen LogP contribution >= 0.6 is 0 Å². The first kappa shape index (κ1) is 21.1. The second kappa shape index (κ2) is 10.3. The highest BCUT2D eigenvalue weighted by Crippen LogP contribution is 2.22. The maximum absolute atomic E-state index is 12.3. The molecule has 3 rings (SSSR count). The number of hydrogen-bond acceptors (Lipinski definition) is 4. The molecule has 0 fully saturated rings. The molecular weight excluding hydrogens is 378 g/mol. The van der Waals surface area contributed by atoms with Crippen molar-refractivity contribution in [3.8, 4) is 11.5 Å². The zero-order valence-electron chi connectivity index (χ0n) is 17.1. The summed E-state index contributed by atoms with van der Waals surface area (Å²) in [5, 5.41) is 2.74. The summed E-state index contributed by atoms with van der Waals surface area (Å²) in [5.41, 5.74) is 2.20. The summed E-state index contributed by atoms with van der Waals surface area (Å²) >= 11 is 0. The number of carbonyl (C=O) groups is 2. The number of hydrogen-bond donors (Lipinski definition) is 1. The predicted molar refractivity (Wildman–Crippen MR) is 117 cm³/mol. The molecule has 0 aliphatic carbocycles. The van der Waals surface area contributed by atoms with Crippen LogP contribution in [-0.4, -0.2) is 18.5 Å². The monoisotopic (exact) mass is 403 g/mol. The molecule has 0 bridgehead atoms. The van der Waals surface area contributed by atoms with Gasteiger partial charge in [0, 0.05) is 5.69 Å². The van der Waals surface area contributed by atoms with Gasteiger partial charge >= 0.3 is 5.97 Å². The van der Waals surface area contributed by atoms with Crippen molar-refractivity contribution < 1.29 is 19.1 Å². The van der Waals surface area contributed by atoms with Crippen molar-refractivity contribution in [3.63, 3.8) is 0 Å². The van der Waals surface area contributed by atoms with E-state index in [9.17, 15) is 9.59 Å². The summed E-state index contributed by atoms with van der Waals surface area (Å²) in [5.74, 6) is 0.674. The Morgan fingerprint density at radius 3 is 2.30 bits per heavy atom. The van der Waals surface area contributed by atoms with Crippen molar-refractivity contribution in [2.45, 2.75) is 26.2 Å². The Morgan fingerprint density at radius 1 is 0.900 bits per heavy atom. The zero-order chi connectivity index (χ0) is 21.3. The minimum absolute atomic E-state index is 0.314. The highest BCUT2D eigenvalue weighted by molar-refractivity contribution is 5.95. The van der Waals surface area contributed by atoms with Gasteiger partial charge in [-0.15, -0.1) is 0 Å². The quantitative estimate of drug-likeness (QED) is 0.484. The summed E-state index contributed by atoms with van der Waals surface area (Å²) in [6.07, 6.45) is 1.05. The lowest BCUT2D eigenvalue weighted by Crippen LogP contribution is -2.20. The van der Waals surface area contributed by atoms with Gasteiger partial charge in [-0.1, -0.05) is 50.2 Å². The fourth-order valence-corrected chi connectivity index (χ4v) is 2.85. The third-order valence-corrected chi connectivity index (χ3v) is 4.76. The van der Waals surface area contributed by atoms with Crippen molar-refractivity contribution in [1.29, 1.82) is 0 Å². The molecule has 1 N–H and O–H groups in total. The van der Waals surface area contributed by atoms with E-state index >= 15 is 0 Å². The standard InChI is InChI=1S/C25H25NO4/c1-3-18(2)19-12-14-21(15-13-19)26-24(27)17-29-25(28)20-8-7-11-23(16-20)30-22-9-5-4-6-10-22/h4-16,18H,3,17H2,1-2H3,(H,26,27). The molecule has 0 aromatic heterocycles. The zero-order valence-corrected chi connectivity index (χ0v) is 17.1. The molecule has 0 radical (unpaired) electrons. The molecule has 0 aliphatic rings. The van der Waals surface area contributed by atoms with Gasteiger partial charge in [-0.3, -0.25) is 4.79 Å². The van der Waals surface area contributed by atoms with Crippen LogP contribution in [0, 0.1) is 0 Å². The van der Waals surface area contributed by atoms with E-state index < -0.39 is 11.9 Å². The van der Waals surface area contributed by atoms with Gasteiger partial charge in [0.2, 0.25) is 0 Å². The molecule has 0 heterocycles. The van der Waals surface area contributed by atoms with E-state index in [-0.39, 0.29) is 6.61 Å². The summed E-state index contributed by atoms with van der Waals surface area (Å²) in [4.78, 5) is 24.4. The maximum Gasteiger partial charge on any atom is 0.338 e. The lowest BCUT2D eigenvalue weighted by molar-refractivity contribution is -0.119. The van der Waals surface area contributed by atoms with Gasteiger partial charge in [-0.05, 0) is 60.4 Å². The third-order valence-electron chi connectivity index (χ3n) is 4.76. The van der Waals surface area contributed by atoms with Gasteiger partial charge in [-0.25, -0.2) is 4.79 Å². The summed E-state index contributed by atoms with van der Waals surface area (Å²) in [6.45, 7) is 3.93. The van der Waals surface area contributed by atoms with Gasteiger partial charge in [0.05, 0.1) is 5.56 Å². The van der Waals surface area contributed by atoms with E-state index in [1.54, 1.807) is 24.3 Å². The highest BCUT2D eigenvalue weighted by Gasteiger charge is 2.12. The summed E-state index contributed by atoms with van der Waals surface area (Å²) in [6, 6.07) is 23.6. The van der Waals surface area contributed by atoms with Crippen LogP contribution in [0.1, 0.15) is 42.1 Å². The van der Waals surface area contributed by atoms with Gasteiger partial charge < -0.3 is 14.8 Å². The number of ether oxygens (including phenoxy) is 2. The molecular formula is C25H25NO4. The first-order valence-corrected chi connectivity index (χ1v) is 9.95. The molecule has 0 spiro atoms. The molecule has 1 amide bonds. The first-order chi connectivity index (χ1) is 14.5. The van der Waals surface area contributed by atoms with Crippen LogP contribution in [0.15, 0.2) is 78.9 Å². The van der Waals surface area contributed by atoms with E-state index in [2.05, 4.69) is 19.2 Å². The molecule has 0 aliphatic heterocycles. The SMILES string of the molecule is CCC(C)c1ccc(NC(=O)COC(=O)c2cccc(Oc3ccccc3)c2)cc1. The Bertz CT molecular complexity index is 984. The topological polar surface area (TPSA) is 64.6 Å². The normalized spacial score (nSPS) is 11.4. The molecule has 3 aromatic rings. The molecule has 5 heteroatoms. The molecule has 1 unspecified atom stereocenters. The largest absolute Gasteiger partial charge is 0.457 e. The molecule has 0 saturated heterocycles. The number of carbonyl (C=O) groups excluding carboxylic acids is 2. The number of esters is 1. The van der Waals surface area contributed by atoms with Gasteiger partial charge in [0.1, 0.15) is 11.5 Å². The van der Waals surface area contributed by atoms with Gasteiger partial charge in [0.15, 0.2) is 6.61 Å². The molecule has 154 valence electrons. The van der Waals surface area contributed by atoms with E-state index in [0.29, 0.717) is 28.7 Å². The second-order valence-electron chi connectivity index (χ2n) is 7.00. The number of nitrogens with one attached hydrogen (secondary N) is 1. The van der Waals surface area contributed by atoms with E-state index in [1.165, 1.54) is 5.56 Å². The number of amides is 1. The van der Waals surface area contributed by atoms with Crippen LogP contribution in [-0.2, 0) is 9.53 Å². The Labute approximate surface area is 176 Å². The number of anilines is 1. The van der Waals surface area contributed by atoms with Crippen molar-refractivity contribution in [3.05, 3.63) is 90.0 Å². The van der Waals surface area contributed by atoms with Crippen LogP contribution < -0.4 is 10.1 Å². The lowest BCUT2D eigenvalue weighted by Gasteiger charge is -2.11. The third kappa shape index (κ3) is 5.95. The van der Waals surface area contributed by atoms with Crippen molar-refractivity contribution in [2.75, 3.05) is 11.9 Å². The van der Waals surface area contributed by atoms with Crippen LogP contribution in [0.2, 0.25) is 0 Å². The average Bonchev–Trinajstić information content (AvgIpc) is 2.78. The first-order valence-electron chi connectivity index (χ1n) is 9.95. The maximum atomic E-state index is 12.3. The summed E-state index contributed by atoms with van der Waals surface area (Å²) < 4.78 is 10.9. The van der Waals surface area contributed by atoms with E-state index in [1.807, 2.05) is 54.6 Å². The molecule has 1 atom stereocenters. The molecule has 0 saturated carbocycles. The molecule has 3 aromatic carbocycles. The number of benzene rings is 3. The minimum Gasteiger partial charge on any atom is -0.457 e. The van der Waals surface area contributed by atoms with Gasteiger partial charge in [0.25, 0.3) is 5.91 Å². The van der Waals surface area contributed by atoms with E-state index in [4.69, 9.17) is 9.47 Å². The molecule has 5 nitrogen and oxygen atoms in total. The average molecular weight is 403 g/mol. The van der Waals surface area contributed by atoms with Crippen molar-refractivity contribution in [1.82, 2.24) is 0 Å². The Balaban J connectivity index is 1.52. The number of rotatable bonds is 8. The Kier molecular flexibility index (Phi) is 7.22. The lowest BCUT2D eigenvalue weighted by atomic mass is 9.99. The van der Waals surface area contributed by atoms with Crippen LogP contribution in [0.3, 0.4) is 0 Å². The smallest absolute Gasteiger partial charge is 0.338 e. The van der Waals surface area contributed by atoms with Crippen LogP contribution in [0.4, 0.5) is 5.69 Å². The number of para-hydroxylation sites is 1. The molecule has 30 heavy (non-hydrogen) atoms. The summed E-state index contributed by atoms with van der Waals surface area (Å²) in [7, 11) is 0. The van der Waals surface area contributed by atoms with Crippen molar-refractivity contribution >= 4 is 17.6 Å². The van der Waals surface area contributed by atoms with Crippen molar-refractivity contribution in [2.24, 2.45) is 0 Å². The fourth-order valence-electron chi connectivity index (χ4n) is 2.85. The minimum atomic E-state index is -0.587. The van der Waals surface area contributed by atoms with Crippen LogP contribution in [0.25, 0.3) is 0 Å². The Hall–Kier alpha value is -3.60. The van der Waals surface area contributed by atoms with E-state index in [0.717, 1.165) is 6.42 Å². The Morgan fingerprint density at radius 2 is 1.60 bits per heavy atom. The van der Waals surface area contributed by atoms with Gasteiger partial charge in [-0.2, -0.15) is 0 Å². The highest BCUT2D eigenvalue weighted by atomic mass is 16.5.